The standard InChI is InChI=1S/C35H49F3N2O3S/c1-7-9-10-11-23-12-15-28(25(8-2)16-23)30-17-26-13-14-27(18-29(26)44-30)42-21-24(19-35(36,37)38)22-43-32(41)34(5,6)31(39)20-33(3,4)40/h12-18,24,31H,7-11,19-22,39-40H2,1-6H3. The number of thiophene rings is 1. The lowest BCUT2D eigenvalue weighted by Crippen LogP contribution is -2.50. The van der Waals surface area contributed by atoms with Crippen LogP contribution in [-0.2, 0) is 22.4 Å². The minimum atomic E-state index is -4.44. The van der Waals surface area contributed by atoms with Gasteiger partial charge in [0.15, 0.2) is 0 Å². The van der Waals surface area contributed by atoms with E-state index in [1.54, 1.807) is 45.1 Å². The Morgan fingerprint density at radius 2 is 1.68 bits per heavy atom. The van der Waals surface area contributed by atoms with Crippen molar-refractivity contribution >= 4 is 27.4 Å². The van der Waals surface area contributed by atoms with E-state index in [2.05, 4.69) is 38.1 Å². The summed E-state index contributed by atoms with van der Waals surface area (Å²) in [4.78, 5) is 14.0. The van der Waals surface area contributed by atoms with E-state index in [9.17, 15) is 18.0 Å². The highest BCUT2D eigenvalue weighted by atomic mass is 32.1. The van der Waals surface area contributed by atoms with E-state index in [0.717, 1.165) is 27.8 Å². The number of carbonyl (C=O) groups is 1. The zero-order valence-electron chi connectivity index (χ0n) is 27.0. The van der Waals surface area contributed by atoms with Crippen LogP contribution in [0.5, 0.6) is 5.75 Å². The number of hydrogen-bond acceptors (Lipinski definition) is 6. The van der Waals surface area contributed by atoms with E-state index in [1.165, 1.54) is 36.0 Å². The zero-order chi connectivity index (χ0) is 32.7. The van der Waals surface area contributed by atoms with Gasteiger partial charge >= 0.3 is 12.1 Å². The first kappa shape index (κ1) is 35.9. The van der Waals surface area contributed by atoms with Gasteiger partial charge in [-0.2, -0.15) is 13.2 Å². The van der Waals surface area contributed by atoms with Crippen LogP contribution >= 0.6 is 11.3 Å². The minimum absolute atomic E-state index is 0.252. The average Bonchev–Trinajstić information content (AvgIpc) is 3.36. The second-order valence-electron chi connectivity index (χ2n) is 13.2. The normalized spacial score (nSPS) is 14.1. The Morgan fingerprint density at radius 1 is 0.955 bits per heavy atom. The van der Waals surface area contributed by atoms with Crippen LogP contribution in [0, 0.1) is 11.3 Å². The summed E-state index contributed by atoms with van der Waals surface area (Å²) < 4.78 is 52.5. The van der Waals surface area contributed by atoms with E-state index in [4.69, 9.17) is 20.9 Å². The van der Waals surface area contributed by atoms with Gasteiger partial charge in [-0.15, -0.1) is 11.3 Å². The van der Waals surface area contributed by atoms with E-state index in [1.807, 2.05) is 12.1 Å². The molecule has 0 bridgehead atoms. The molecule has 0 radical (unpaired) electrons. The number of unbranched alkanes of at least 4 members (excludes halogenated alkanes) is 2. The van der Waals surface area contributed by atoms with Crippen molar-refractivity contribution in [1.29, 1.82) is 0 Å². The van der Waals surface area contributed by atoms with Crippen LogP contribution < -0.4 is 16.2 Å². The Labute approximate surface area is 264 Å². The second kappa shape index (κ2) is 15.1. The highest BCUT2D eigenvalue weighted by Crippen LogP contribution is 2.38. The Hall–Kier alpha value is -2.62. The average molecular weight is 635 g/mol. The largest absolute Gasteiger partial charge is 0.493 e. The molecule has 0 amide bonds. The Morgan fingerprint density at radius 3 is 2.32 bits per heavy atom. The molecule has 0 aliphatic rings. The molecule has 9 heteroatoms. The quantitative estimate of drug-likeness (QED) is 0.121. The number of nitrogens with two attached hydrogens (primary N) is 2. The van der Waals surface area contributed by atoms with E-state index in [-0.39, 0.29) is 6.61 Å². The smallest absolute Gasteiger partial charge is 0.389 e. The summed E-state index contributed by atoms with van der Waals surface area (Å²) in [6.07, 6.45) is 0.404. The van der Waals surface area contributed by atoms with Crippen molar-refractivity contribution in [2.45, 2.75) is 104 Å². The minimum Gasteiger partial charge on any atom is -0.493 e. The van der Waals surface area contributed by atoms with Crippen LogP contribution in [0.3, 0.4) is 0 Å². The van der Waals surface area contributed by atoms with Gasteiger partial charge in [-0.3, -0.25) is 4.79 Å². The van der Waals surface area contributed by atoms with Gasteiger partial charge in [0.2, 0.25) is 0 Å². The second-order valence-corrected chi connectivity index (χ2v) is 14.3. The number of ether oxygens (including phenoxy) is 2. The number of carbonyl (C=O) groups excluding carboxylic acids is 1. The Balaban J connectivity index is 1.70. The molecule has 3 rings (SSSR count). The van der Waals surface area contributed by atoms with Crippen molar-refractivity contribution < 1.29 is 27.4 Å². The number of fused-ring (bicyclic) bond motifs is 1. The van der Waals surface area contributed by atoms with Gasteiger partial charge in [-0.25, -0.2) is 0 Å². The van der Waals surface area contributed by atoms with E-state index >= 15 is 0 Å². The van der Waals surface area contributed by atoms with Gasteiger partial charge in [0.25, 0.3) is 0 Å². The Kier molecular flexibility index (Phi) is 12.3. The molecule has 2 unspecified atom stereocenters. The number of aryl methyl sites for hydroxylation is 2. The van der Waals surface area contributed by atoms with Gasteiger partial charge < -0.3 is 20.9 Å². The van der Waals surface area contributed by atoms with Crippen molar-refractivity contribution in [3.63, 3.8) is 0 Å². The molecule has 5 nitrogen and oxygen atoms in total. The molecular weight excluding hydrogens is 585 g/mol. The van der Waals surface area contributed by atoms with Crippen LogP contribution in [0.1, 0.15) is 84.8 Å². The molecule has 0 aliphatic heterocycles. The molecule has 244 valence electrons. The van der Waals surface area contributed by atoms with Crippen molar-refractivity contribution in [3.8, 4) is 16.2 Å². The fourth-order valence-corrected chi connectivity index (χ4v) is 6.36. The summed E-state index contributed by atoms with van der Waals surface area (Å²) in [7, 11) is 0. The molecule has 2 atom stereocenters. The first-order valence-corrected chi connectivity index (χ1v) is 16.4. The predicted molar refractivity (Wildman–Crippen MR) is 175 cm³/mol. The van der Waals surface area contributed by atoms with Crippen LogP contribution in [-0.4, -0.2) is 36.9 Å². The molecule has 0 saturated carbocycles. The fraction of sp³-hybridized carbons (Fsp3) is 0.571. The van der Waals surface area contributed by atoms with Crippen molar-refractivity contribution in [2.24, 2.45) is 22.8 Å². The van der Waals surface area contributed by atoms with Gasteiger partial charge in [0, 0.05) is 27.1 Å². The number of hydrogen-bond donors (Lipinski definition) is 2. The molecule has 2 aromatic carbocycles. The van der Waals surface area contributed by atoms with Gasteiger partial charge in [0.05, 0.1) is 25.0 Å². The summed E-state index contributed by atoms with van der Waals surface area (Å²) >= 11 is 1.64. The van der Waals surface area contributed by atoms with Gasteiger partial charge in [-0.05, 0) is 99.7 Å². The zero-order valence-corrected chi connectivity index (χ0v) is 27.8. The maximum Gasteiger partial charge on any atom is 0.389 e. The van der Waals surface area contributed by atoms with E-state index in [0.29, 0.717) is 12.2 Å². The third-order valence-corrected chi connectivity index (χ3v) is 9.16. The number of rotatable bonds is 16. The molecular formula is C35H49F3N2O3S. The molecule has 1 aromatic heterocycles. The molecule has 0 aliphatic carbocycles. The maximum absolute atomic E-state index is 13.4. The molecule has 1 heterocycles. The lowest BCUT2D eigenvalue weighted by molar-refractivity contribution is -0.166. The van der Waals surface area contributed by atoms with Crippen LogP contribution in [0.2, 0.25) is 0 Å². The van der Waals surface area contributed by atoms with Crippen molar-refractivity contribution in [1.82, 2.24) is 0 Å². The first-order chi connectivity index (χ1) is 20.5. The molecule has 3 aromatic rings. The number of esters is 1. The number of benzene rings is 2. The van der Waals surface area contributed by atoms with Crippen molar-refractivity contribution in [3.05, 3.63) is 53.6 Å². The van der Waals surface area contributed by atoms with Crippen molar-refractivity contribution in [2.75, 3.05) is 13.2 Å². The lowest BCUT2D eigenvalue weighted by Gasteiger charge is -2.34. The SMILES string of the molecule is CCCCCc1ccc(-c2cc3ccc(OCC(COC(=O)C(C)(C)C(N)CC(C)(C)N)CC(F)(F)F)cc3s2)c(CC)c1. The summed E-state index contributed by atoms with van der Waals surface area (Å²) in [5.41, 5.74) is 14.4. The molecule has 0 saturated heterocycles. The van der Waals surface area contributed by atoms with E-state index < -0.39 is 48.1 Å². The van der Waals surface area contributed by atoms with Crippen LogP contribution in [0.4, 0.5) is 13.2 Å². The maximum atomic E-state index is 13.4. The number of alkyl halides is 3. The molecule has 44 heavy (non-hydrogen) atoms. The summed E-state index contributed by atoms with van der Waals surface area (Å²) in [5.74, 6) is -1.26. The predicted octanol–water partition coefficient (Wildman–Crippen LogP) is 8.83. The van der Waals surface area contributed by atoms with Gasteiger partial charge in [-0.1, -0.05) is 44.9 Å². The fourth-order valence-electron chi connectivity index (χ4n) is 5.21. The highest BCUT2D eigenvalue weighted by molar-refractivity contribution is 7.22. The molecule has 0 fully saturated rings. The highest BCUT2D eigenvalue weighted by Gasteiger charge is 2.39. The summed E-state index contributed by atoms with van der Waals surface area (Å²) in [5, 5.41) is 1.05. The van der Waals surface area contributed by atoms with Crippen LogP contribution in [0.15, 0.2) is 42.5 Å². The lowest BCUT2D eigenvalue weighted by atomic mass is 9.79. The topological polar surface area (TPSA) is 87.6 Å². The van der Waals surface area contributed by atoms with Gasteiger partial charge in [0.1, 0.15) is 5.75 Å². The number of halogens is 3. The third kappa shape index (κ3) is 10.5. The summed E-state index contributed by atoms with van der Waals surface area (Å²) in [6.45, 7) is 10.5. The monoisotopic (exact) mass is 634 g/mol. The molecule has 4 N–H and O–H groups in total. The van der Waals surface area contributed by atoms with Crippen LogP contribution in [0.25, 0.3) is 20.5 Å². The Bertz CT molecular complexity index is 1380. The molecule has 0 spiro atoms. The third-order valence-electron chi connectivity index (χ3n) is 8.03. The first-order valence-electron chi connectivity index (χ1n) is 15.6. The summed E-state index contributed by atoms with van der Waals surface area (Å²) in [6, 6.07) is 13.8.